The molecule has 0 fully saturated rings. The van der Waals surface area contributed by atoms with Gasteiger partial charge < -0.3 is 0 Å². The molecule has 21 heavy (non-hydrogen) atoms. The van der Waals surface area contributed by atoms with Crippen LogP contribution in [0.1, 0.15) is 43.1 Å². The first kappa shape index (κ1) is 13.6. The van der Waals surface area contributed by atoms with E-state index < -0.39 is 0 Å². The molecule has 0 aliphatic carbocycles. The number of ketones is 1. The first-order chi connectivity index (χ1) is 10.1. The number of hydrogen-bond donors (Lipinski definition) is 0. The molecule has 0 atom stereocenters. The van der Waals surface area contributed by atoms with Crippen LogP contribution in [0.2, 0.25) is 0 Å². The highest BCUT2D eigenvalue weighted by molar-refractivity contribution is 7.11. The van der Waals surface area contributed by atoms with Gasteiger partial charge in [-0.15, -0.1) is 11.3 Å². The number of Topliss-reactive ketones (excluding diaryl/α,β-unsaturated/α-hetero) is 1. The maximum Gasteiger partial charge on any atom is 0.261 e. The van der Waals surface area contributed by atoms with Crippen molar-refractivity contribution in [1.29, 1.82) is 0 Å². The van der Waals surface area contributed by atoms with E-state index >= 15 is 0 Å². The summed E-state index contributed by atoms with van der Waals surface area (Å²) in [7, 11) is 0. The Hall–Kier alpha value is -2.34. The summed E-state index contributed by atoms with van der Waals surface area (Å²) in [5.74, 6) is -0.609. The fraction of sp³-hybridized carbons (Fsp3) is 0.200. The van der Waals surface area contributed by atoms with Gasteiger partial charge in [-0.25, -0.2) is 4.98 Å². The van der Waals surface area contributed by atoms with Gasteiger partial charge in [-0.2, -0.15) is 0 Å². The molecule has 0 bridgehead atoms. The van der Waals surface area contributed by atoms with E-state index in [1.165, 1.54) is 23.2 Å². The second kappa shape index (κ2) is 5.21. The lowest BCUT2D eigenvalue weighted by Crippen LogP contribution is -2.31. The van der Waals surface area contributed by atoms with Crippen LogP contribution >= 0.6 is 11.3 Å². The maximum absolute atomic E-state index is 12.2. The van der Waals surface area contributed by atoms with Gasteiger partial charge in [0.1, 0.15) is 0 Å². The Morgan fingerprint density at radius 1 is 1.19 bits per heavy atom. The molecule has 0 spiro atoms. The SMILES string of the molecule is CC(=O)c1nc(CCN2C(=O)c3ccccc3C2=O)cs1. The van der Waals surface area contributed by atoms with Crippen LogP contribution in [0, 0.1) is 0 Å². The monoisotopic (exact) mass is 300 g/mol. The third-order valence-electron chi connectivity index (χ3n) is 3.32. The van der Waals surface area contributed by atoms with Crippen molar-refractivity contribution < 1.29 is 14.4 Å². The van der Waals surface area contributed by atoms with Gasteiger partial charge in [-0.3, -0.25) is 19.3 Å². The predicted molar refractivity (Wildman–Crippen MR) is 77.6 cm³/mol. The average Bonchev–Trinajstić information content (AvgIpc) is 3.03. The summed E-state index contributed by atoms with van der Waals surface area (Å²) in [6.07, 6.45) is 0.454. The van der Waals surface area contributed by atoms with Crippen molar-refractivity contribution in [3.8, 4) is 0 Å². The van der Waals surface area contributed by atoms with Gasteiger partial charge in [-0.05, 0) is 12.1 Å². The number of hydrogen-bond acceptors (Lipinski definition) is 5. The number of benzene rings is 1. The number of carbonyl (C=O) groups is 3. The Morgan fingerprint density at radius 2 is 1.81 bits per heavy atom. The molecule has 2 aromatic rings. The van der Waals surface area contributed by atoms with Crippen LogP contribution in [0.15, 0.2) is 29.6 Å². The van der Waals surface area contributed by atoms with Gasteiger partial charge in [0, 0.05) is 25.3 Å². The van der Waals surface area contributed by atoms with Crippen LogP contribution in [-0.2, 0) is 6.42 Å². The molecule has 1 aromatic heterocycles. The highest BCUT2D eigenvalue weighted by atomic mass is 32.1. The summed E-state index contributed by atoms with van der Waals surface area (Å²) in [6, 6.07) is 6.80. The van der Waals surface area contributed by atoms with E-state index in [4.69, 9.17) is 0 Å². The number of amides is 2. The van der Waals surface area contributed by atoms with Gasteiger partial charge in [-0.1, -0.05) is 12.1 Å². The molecule has 3 rings (SSSR count). The Balaban J connectivity index is 1.73. The molecule has 0 unspecified atom stereocenters. The van der Waals surface area contributed by atoms with Crippen LogP contribution in [0.25, 0.3) is 0 Å². The zero-order valence-corrected chi connectivity index (χ0v) is 12.1. The van der Waals surface area contributed by atoms with E-state index in [2.05, 4.69) is 4.98 Å². The van der Waals surface area contributed by atoms with Crippen molar-refractivity contribution in [1.82, 2.24) is 9.88 Å². The van der Waals surface area contributed by atoms with E-state index in [0.717, 1.165) is 5.69 Å². The summed E-state index contributed by atoms with van der Waals surface area (Å²) < 4.78 is 0. The van der Waals surface area contributed by atoms with E-state index in [1.807, 2.05) is 0 Å². The highest BCUT2D eigenvalue weighted by Crippen LogP contribution is 2.22. The molecule has 1 aliphatic rings. The molecule has 2 amide bonds. The van der Waals surface area contributed by atoms with E-state index in [1.54, 1.807) is 29.6 Å². The summed E-state index contributed by atoms with van der Waals surface area (Å²) in [5, 5.41) is 2.24. The summed E-state index contributed by atoms with van der Waals surface area (Å²) in [5.41, 5.74) is 1.62. The Morgan fingerprint density at radius 3 is 2.33 bits per heavy atom. The van der Waals surface area contributed by atoms with Crippen LogP contribution in [0.5, 0.6) is 0 Å². The van der Waals surface area contributed by atoms with Crippen LogP contribution in [-0.4, -0.2) is 34.0 Å². The third-order valence-corrected chi connectivity index (χ3v) is 4.31. The van der Waals surface area contributed by atoms with Gasteiger partial charge >= 0.3 is 0 Å². The first-order valence-electron chi connectivity index (χ1n) is 6.48. The van der Waals surface area contributed by atoms with Crippen molar-refractivity contribution in [2.75, 3.05) is 6.54 Å². The topological polar surface area (TPSA) is 67.3 Å². The van der Waals surface area contributed by atoms with Crippen molar-refractivity contribution >= 4 is 28.9 Å². The lowest BCUT2D eigenvalue weighted by atomic mass is 10.1. The second-order valence-corrected chi connectivity index (χ2v) is 5.62. The third kappa shape index (κ3) is 2.38. The molecular weight excluding hydrogens is 288 g/mol. The molecule has 0 saturated heterocycles. The zero-order chi connectivity index (χ0) is 15.0. The molecule has 5 nitrogen and oxygen atoms in total. The van der Waals surface area contributed by atoms with Crippen molar-refractivity contribution in [2.45, 2.75) is 13.3 Å². The molecular formula is C15H12N2O3S. The van der Waals surface area contributed by atoms with Crippen molar-refractivity contribution in [3.05, 3.63) is 51.5 Å². The molecule has 1 aliphatic heterocycles. The maximum atomic E-state index is 12.2. The van der Waals surface area contributed by atoms with Crippen LogP contribution < -0.4 is 0 Å². The Labute approximate surface area is 125 Å². The molecule has 6 heteroatoms. The molecule has 0 N–H and O–H groups in total. The van der Waals surface area contributed by atoms with Gasteiger partial charge in [0.15, 0.2) is 10.8 Å². The lowest BCUT2D eigenvalue weighted by molar-refractivity contribution is 0.0655. The molecule has 2 heterocycles. The summed E-state index contributed by atoms with van der Waals surface area (Å²) >= 11 is 1.28. The zero-order valence-electron chi connectivity index (χ0n) is 11.3. The number of rotatable bonds is 4. The average molecular weight is 300 g/mol. The van der Waals surface area contributed by atoms with Crippen LogP contribution in [0.4, 0.5) is 0 Å². The fourth-order valence-electron chi connectivity index (χ4n) is 2.25. The first-order valence-corrected chi connectivity index (χ1v) is 7.36. The number of carbonyl (C=O) groups excluding carboxylic acids is 3. The molecule has 0 radical (unpaired) electrons. The quantitative estimate of drug-likeness (QED) is 0.641. The minimum atomic E-state index is -0.266. The minimum Gasteiger partial charge on any atom is -0.292 e. The van der Waals surface area contributed by atoms with E-state index in [9.17, 15) is 14.4 Å². The van der Waals surface area contributed by atoms with Gasteiger partial charge in [0.05, 0.1) is 16.8 Å². The Bertz CT molecular complexity index is 716. The van der Waals surface area contributed by atoms with Crippen LogP contribution in [0.3, 0.4) is 0 Å². The lowest BCUT2D eigenvalue weighted by Gasteiger charge is -2.12. The summed E-state index contributed by atoms with van der Waals surface area (Å²) in [4.78, 5) is 41.0. The molecule has 0 saturated carbocycles. The Kier molecular flexibility index (Phi) is 3.39. The number of nitrogens with zero attached hydrogens (tertiary/aromatic N) is 2. The molecule has 1 aromatic carbocycles. The summed E-state index contributed by atoms with van der Waals surface area (Å²) in [6.45, 7) is 1.74. The highest BCUT2D eigenvalue weighted by Gasteiger charge is 2.34. The molecule has 106 valence electrons. The number of imide groups is 1. The second-order valence-electron chi connectivity index (χ2n) is 4.76. The number of thiazole rings is 1. The largest absolute Gasteiger partial charge is 0.292 e. The van der Waals surface area contributed by atoms with Gasteiger partial charge in [0.2, 0.25) is 0 Å². The number of aromatic nitrogens is 1. The van der Waals surface area contributed by atoms with Crippen molar-refractivity contribution in [2.24, 2.45) is 0 Å². The standard InChI is InChI=1S/C15H12N2O3S/c1-9(18)13-16-10(8-21-13)6-7-17-14(19)11-4-2-3-5-12(11)15(17)20/h2-5,8H,6-7H2,1H3. The minimum absolute atomic E-state index is 0.0769. The smallest absolute Gasteiger partial charge is 0.261 e. The predicted octanol–water partition coefficient (Wildman–Crippen LogP) is 2.18. The number of fused-ring (bicyclic) bond motifs is 1. The van der Waals surface area contributed by atoms with E-state index in [-0.39, 0.29) is 24.1 Å². The fourth-order valence-corrected chi connectivity index (χ4v) is 3.01. The van der Waals surface area contributed by atoms with Crippen molar-refractivity contribution in [3.63, 3.8) is 0 Å². The van der Waals surface area contributed by atoms with E-state index in [0.29, 0.717) is 22.6 Å². The normalized spacial score (nSPS) is 13.7. The van der Waals surface area contributed by atoms with Gasteiger partial charge in [0.25, 0.3) is 11.8 Å².